The third-order valence-electron chi connectivity index (χ3n) is 2.67. The van der Waals surface area contributed by atoms with Gasteiger partial charge in [0.1, 0.15) is 0 Å². The zero-order valence-electron chi connectivity index (χ0n) is 10.5. The highest BCUT2D eigenvalue weighted by molar-refractivity contribution is 6.31. The molecule has 1 aromatic carbocycles. The van der Waals surface area contributed by atoms with Crippen molar-refractivity contribution in [2.24, 2.45) is 11.7 Å². The van der Waals surface area contributed by atoms with Crippen molar-refractivity contribution in [2.45, 2.75) is 26.8 Å². The second-order valence-electron chi connectivity index (χ2n) is 4.58. The maximum absolute atomic E-state index is 11.5. The van der Waals surface area contributed by atoms with Gasteiger partial charge >= 0.3 is 6.03 Å². The Morgan fingerprint density at radius 2 is 1.94 bits per heavy atom. The summed E-state index contributed by atoms with van der Waals surface area (Å²) in [5, 5.41) is 0.662. The first-order chi connectivity index (χ1) is 7.93. The molecule has 0 heterocycles. The number of hydrogen-bond acceptors (Lipinski definition) is 1. The van der Waals surface area contributed by atoms with Crippen molar-refractivity contribution in [3.8, 4) is 0 Å². The summed E-state index contributed by atoms with van der Waals surface area (Å²) in [5.74, 6) is 0.368. The fourth-order valence-electron chi connectivity index (χ4n) is 1.81. The third kappa shape index (κ3) is 3.63. The molecule has 2 N–H and O–H groups in total. The number of halogens is 1. The molecule has 0 bridgehead atoms. The first-order valence-electron chi connectivity index (χ1n) is 5.74. The summed E-state index contributed by atoms with van der Waals surface area (Å²) in [7, 11) is 0. The summed E-state index contributed by atoms with van der Waals surface area (Å²) >= 11 is 6.13. The van der Waals surface area contributed by atoms with Crippen molar-refractivity contribution < 1.29 is 4.79 Å². The Morgan fingerprint density at radius 3 is 2.41 bits per heavy atom. The topological polar surface area (TPSA) is 46.3 Å². The Hall–Kier alpha value is -1.22. The molecule has 0 aliphatic carbocycles. The van der Waals surface area contributed by atoms with Crippen molar-refractivity contribution in [2.75, 3.05) is 6.54 Å². The highest BCUT2D eigenvalue weighted by Crippen LogP contribution is 2.27. The minimum Gasteiger partial charge on any atom is -0.351 e. The fraction of sp³-hybridized carbons (Fsp3) is 0.462. The molecule has 0 aliphatic heterocycles. The van der Waals surface area contributed by atoms with E-state index in [1.807, 2.05) is 31.2 Å². The second-order valence-corrected chi connectivity index (χ2v) is 4.99. The van der Waals surface area contributed by atoms with E-state index in [0.717, 1.165) is 5.56 Å². The maximum Gasteiger partial charge on any atom is 0.315 e. The minimum absolute atomic E-state index is 0.108. The van der Waals surface area contributed by atoms with Crippen LogP contribution in [-0.4, -0.2) is 17.5 Å². The van der Waals surface area contributed by atoms with Gasteiger partial charge in [0.25, 0.3) is 0 Å². The molecular formula is C13H19ClN2O. The summed E-state index contributed by atoms with van der Waals surface area (Å²) in [6.45, 7) is 6.67. The molecule has 94 valence electrons. The highest BCUT2D eigenvalue weighted by atomic mass is 35.5. The lowest BCUT2D eigenvalue weighted by molar-refractivity contribution is 0.179. The number of benzene rings is 1. The molecule has 1 aromatic rings. The van der Waals surface area contributed by atoms with Crippen LogP contribution in [0.3, 0.4) is 0 Å². The molecule has 2 amide bonds. The number of urea groups is 1. The molecule has 0 fully saturated rings. The van der Waals surface area contributed by atoms with Gasteiger partial charge in [-0.1, -0.05) is 43.6 Å². The maximum atomic E-state index is 11.5. The van der Waals surface area contributed by atoms with Crippen LogP contribution in [0.25, 0.3) is 0 Å². The Labute approximate surface area is 108 Å². The molecule has 0 spiro atoms. The number of nitrogens with two attached hydrogens (primary N) is 1. The molecule has 1 atom stereocenters. The lowest BCUT2D eigenvalue weighted by Crippen LogP contribution is -2.40. The van der Waals surface area contributed by atoms with E-state index in [0.29, 0.717) is 17.5 Å². The summed E-state index contributed by atoms with van der Waals surface area (Å²) < 4.78 is 0. The SMILES string of the molecule is CC(C)CN(C(N)=O)[C@@H](C)c1ccccc1Cl. The average molecular weight is 255 g/mol. The predicted molar refractivity (Wildman–Crippen MR) is 71.0 cm³/mol. The van der Waals surface area contributed by atoms with Crippen LogP contribution in [0.1, 0.15) is 32.4 Å². The standard InChI is InChI=1S/C13H19ClN2O/c1-9(2)8-16(13(15)17)10(3)11-6-4-5-7-12(11)14/h4-7,9-10H,8H2,1-3H3,(H2,15,17)/t10-/m0/s1. The van der Waals surface area contributed by atoms with Gasteiger partial charge in [0.05, 0.1) is 6.04 Å². The van der Waals surface area contributed by atoms with E-state index in [4.69, 9.17) is 17.3 Å². The molecule has 0 aromatic heterocycles. The van der Waals surface area contributed by atoms with E-state index in [-0.39, 0.29) is 6.04 Å². The normalized spacial score (nSPS) is 12.5. The molecule has 0 saturated carbocycles. The van der Waals surface area contributed by atoms with Gasteiger partial charge in [0.2, 0.25) is 0 Å². The zero-order chi connectivity index (χ0) is 13.0. The Morgan fingerprint density at radius 1 is 1.35 bits per heavy atom. The average Bonchev–Trinajstić information content (AvgIpc) is 2.25. The number of primary amides is 1. The molecule has 4 heteroatoms. The molecular weight excluding hydrogens is 236 g/mol. The van der Waals surface area contributed by atoms with Crippen LogP contribution in [-0.2, 0) is 0 Å². The van der Waals surface area contributed by atoms with Gasteiger partial charge in [0, 0.05) is 11.6 Å². The zero-order valence-corrected chi connectivity index (χ0v) is 11.2. The van der Waals surface area contributed by atoms with Crippen molar-refractivity contribution >= 4 is 17.6 Å². The molecule has 1 rings (SSSR count). The molecule has 3 nitrogen and oxygen atoms in total. The summed E-state index contributed by atoms with van der Waals surface area (Å²) in [6, 6.07) is 7.00. The third-order valence-corrected chi connectivity index (χ3v) is 3.01. The Balaban J connectivity index is 2.96. The number of carbonyl (C=O) groups excluding carboxylic acids is 1. The first-order valence-corrected chi connectivity index (χ1v) is 6.11. The van der Waals surface area contributed by atoms with Crippen molar-refractivity contribution in [1.82, 2.24) is 4.90 Å². The highest BCUT2D eigenvalue weighted by Gasteiger charge is 2.21. The molecule has 0 saturated heterocycles. The van der Waals surface area contributed by atoms with Gasteiger partial charge in [-0.3, -0.25) is 0 Å². The van der Waals surface area contributed by atoms with E-state index in [1.165, 1.54) is 0 Å². The summed E-state index contributed by atoms with van der Waals surface area (Å²) in [6.07, 6.45) is 0. The van der Waals surface area contributed by atoms with Crippen LogP contribution in [0.4, 0.5) is 4.79 Å². The van der Waals surface area contributed by atoms with Crippen LogP contribution in [0.5, 0.6) is 0 Å². The van der Waals surface area contributed by atoms with Gasteiger partial charge in [-0.2, -0.15) is 0 Å². The van der Waals surface area contributed by atoms with Gasteiger partial charge in [-0.25, -0.2) is 4.79 Å². The van der Waals surface area contributed by atoms with Crippen molar-refractivity contribution in [3.63, 3.8) is 0 Å². The predicted octanol–water partition coefficient (Wildman–Crippen LogP) is 3.44. The molecule has 0 radical (unpaired) electrons. The number of nitrogens with zero attached hydrogens (tertiary/aromatic N) is 1. The van der Waals surface area contributed by atoms with Gasteiger partial charge < -0.3 is 10.6 Å². The summed E-state index contributed by atoms with van der Waals surface area (Å²) in [4.78, 5) is 13.1. The number of hydrogen-bond donors (Lipinski definition) is 1. The van der Waals surface area contributed by atoms with Crippen LogP contribution < -0.4 is 5.73 Å². The van der Waals surface area contributed by atoms with Crippen LogP contribution >= 0.6 is 11.6 Å². The van der Waals surface area contributed by atoms with Gasteiger partial charge in [0.15, 0.2) is 0 Å². The first kappa shape index (κ1) is 13.8. The number of carbonyl (C=O) groups is 1. The van der Waals surface area contributed by atoms with E-state index < -0.39 is 6.03 Å². The lowest BCUT2D eigenvalue weighted by atomic mass is 10.1. The molecule has 0 unspecified atom stereocenters. The van der Waals surface area contributed by atoms with Crippen LogP contribution in [0.15, 0.2) is 24.3 Å². The van der Waals surface area contributed by atoms with E-state index in [2.05, 4.69) is 13.8 Å². The number of amides is 2. The minimum atomic E-state index is -0.411. The largest absolute Gasteiger partial charge is 0.351 e. The van der Waals surface area contributed by atoms with Crippen LogP contribution in [0.2, 0.25) is 5.02 Å². The van der Waals surface area contributed by atoms with Crippen LogP contribution in [0, 0.1) is 5.92 Å². The quantitative estimate of drug-likeness (QED) is 0.879. The Bertz CT molecular complexity index is 393. The fourth-order valence-corrected chi connectivity index (χ4v) is 2.11. The van der Waals surface area contributed by atoms with Gasteiger partial charge in [-0.05, 0) is 24.5 Å². The number of rotatable bonds is 4. The lowest BCUT2D eigenvalue weighted by Gasteiger charge is -2.29. The molecule has 17 heavy (non-hydrogen) atoms. The Kier molecular flexibility index (Phi) is 4.82. The monoisotopic (exact) mass is 254 g/mol. The van der Waals surface area contributed by atoms with Crippen molar-refractivity contribution in [3.05, 3.63) is 34.9 Å². The van der Waals surface area contributed by atoms with E-state index >= 15 is 0 Å². The summed E-state index contributed by atoms with van der Waals surface area (Å²) in [5.41, 5.74) is 6.34. The van der Waals surface area contributed by atoms with Gasteiger partial charge in [-0.15, -0.1) is 0 Å². The van der Waals surface area contributed by atoms with E-state index in [9.17, 15) is 4.79 Å². The van der Waals surface area contributed by atoms with E-state index in [1.54, 1.807) is 4.90 Å². The van der Waals surface area contributed by atoms with Crippen molar-refractivity contribution in [1.29, 1.82) is 0 Å². The molecule has 0 aliphatic rings. The smallest absolute Gasteiger partial charge is 0.315 e. The second kappa shape index (κ2) is 5.92.